The van der Waals surface area contributed by atoms with Crippen molar-refractivity contribution in [3.8, 4) is 5.75 Å². The van der Waals surface area contributed by atoms with Gasteiger partial charge in [0.15, 0.2) is 0 Å². The number of para-hydroxylation sites is 1. The zero-order valence-electron chi connectivity index (χ0n) is 9.61. The number of benzene rings is 1. The molecule has 0 aliphatic carbocycles. The van der Waals surface area contributed by atoms with Crippen LogP contribution < -0.4 is 4.74 Å². The SMILES string of the molecule is CCCCCCOc1ccccc1C(=O)S. The maximum absolute atomic E-state index is 11.2. The van der Waals surface area contributed by atoms with E-state index in [-0.39, 0.29) is 5.12 Å². The maximum Gasteiger partial charge on any atom is 0.220 e. The smallest absolute Gasteiger partial charge is 0.220 e. The van der Waals surface area contributed by atoms with Gasteiger partial charge in [-0.3, -0.25) is 4.79 Å². The largest absolute Gasteiger partial charge is 0.493 e. The Morgan fingerprint density at radius 2 is 2.00 bits per heavy atom. The summed E-state index contributed by atoms with van der Waals surface area (Å²) in [6.07, 6.45) is 4.65. The van der Waals surface area contributed by atoms with Crippen molar-refractivity contribution in [1.29, 1.82) is 0 Å². The summed E-state index contributed by atoms with van der Waals surface area (Å²) in [7, 11) is 0. The maximum atomic E-state index is 11.2. The molecule has 0 radical (unpaired) electrons. The molecule has 0 unspecified atom stereocenters. The third-order valence-corrected chi connectivity index (χ3v) is 2.61. The molecule has 0 aliphatic heterocycles. The molecule has 0 spiro atoms. The van der Waals surface area contributed by atoms with Gasteiger partial charge in [-0.05, 0) is 18.6 Å². The van der Waals surface area contributed by atoms with Gasteiger partial charge in [0.05, 0.1) is 12.2 Å². The standard InChI is InChI=1S/C13H18O2S/c1-2-3-4-7-10-15-12-9-6-5-8-11(12)13(14)16/h5-6,8-9H,2-4,7,10H2,1H3,(H,14,16). The van der Waals surface area contributed by atoms with Crippen LogP contribution in [0.25, 0.3) is 0 Å². The molecule has 1 aromatic carbocycles. The number of carbonyl (C=O) groups is 1. The second kappa shape index (κ2) is 7.34. The van der Waals surface area contributed by atoms with Crippen LogP contribution in [0.4, 0.5) is 0 Å². The minimum atomic E-state index is -0.246. The first kappa shape index (κ1) is 13.1. The topological polar surface area (TPSA) is 26.3 Å². The number of ether oxygens (including phenoxy) is 1. The molecule has 0 atom stereocenters. The van der Waals surface area contributed by atoms with Crippen LogP contribution in [-0.2, 0) is 0 Å². The Bertz CT molecular complexity index is 336. The van der Waals surface area contributed by atoms with Gasteiger partial charge < -0.3 is 4.74 Å². The van der Waals surface area contributed by atoms with E-state index in [1.54, 1.807) is 6.07 Å². The predicted molar refractivity (Wildman–Crippen MR) is 69.4 cm³/mol. The predicted octanol–water partition coefficient (Wildman–Crippen LogP) is 3.72. The molecule has 0 fully saturated rings. The molecule has 88 valence electrons. The number of hydrogen-bond donors (Lipinski definition) is 1. The second-order valence-corrected chi connectivity index (χ2v) is 4.12. The Kier molecular flexibility index (Phi) is 6.01. The summed E-state index contributed by atoms with van der Waals surface area (Å²) >= 11 is 3.82. The number of unbranched alkanes of at least 4 members (excludes halogenated alkanes) is 3. The summed E-state index contributed by atoms with van der Waals surface area (Å²) in [6.45, 7) is 2.84. The van der Waals surface area contributed by atoms with Gasteiger partial charge in [-0.2, -0.15) is 0 Å². The van der Waals surface area contributed by atoms with Gasteiger partial charge in [0.1, 0.15) is 5.75 Å². The third-order valence-electron chi connectivity index (χ3n) is 2.37. The fraction of sp³-hybridized carbons (Fsp3) is 0.462. The van der Waals surface area contributed by atoms with E-state index in [1.165, 1.54) is 19.3 Å². The van der Waals surface area contributed by atoms with Gasteiger partial charge in [-0.1, -0.05) is 38.3 Å². The van der Waals surface area contributed by atoms with E-state index in [0.29, 0.717) is 17.9 Å². The Morgan fingerprint density at radius 3 is 2.69 bits per heavy atom. The van der Waals surface area contributed by atoms with Crippen molar-refractivity contribution in [2.45, 2.75) is 32.6 Å². The first-order valence-electron chi connectivity index (χ1n) is 5.70. The van der Waals surface area contributed by atoms with Crippen molar-refractivity contribution in [1.82, 2.24) is 0 Å². The lowest BCUT2D eigenvalue weighted by molar-refractivity contribution is 0.108. The Morgan fingerprint density at radius 1 is 1.25 bits per heavy atom. The average Bonchev–Trinajstić information content (AvgIpc) is 2.29. The highest BCUT2D eigenvalue weighted by Gasteiger charge is 2.07. The zero-order valence-corrected chi connectivity index (χ0v) is 10.5. The summed E-state index contributed by atoms with van der Waals surface area (Å²) < 4.78 is 5.58. The molecule has 16 heavy (non-hydrogen) atoms. The third kappa shape index (κ3) is 4.27. The lowest BCUT2D eigenvalue weighted by Crippen LogP contribution is -2.01. The minimum absolute atomic E-state index is 0.246. The second-order valence-electron chi connectivity index (χ2n) is 3.71. The summed E-state index contributed by atoms with van der Waals surface area (Å²) in [5.74, 6) is 0.638. The molecule has 0 aliphatic rings. The highest BCUT2D eigenvalue weighted by atomic mass is 32.1. The monoisotopic (exact) mass is 238 g/mol. The molecule has 0 N–H and O–H groups in total. The molecule has 2 nitrogen and oxygen atoms in total. The first-order chi connectivity index (χ1) is 7.75. The Labute approximate surface area is 102 Å². The van der Waals surface area contributed by atoms with E-state index in [0.717, 1.165) is 6.42 Å². The molecule has 0 amide bonds. The number of thiol groups is 1. The van der Waals surface area contributed by atoms with Gasteiger partial charge in [0.2, 0.25) is 5.12 Å². The van der Waals surface area contributed by atoms with Gasteiger partial charge in [0.25, 0.3) is 0 Å². The van der Waals surface area contributed by atoms with Gasteiger partial charge in [0, 0.05) is 0 Å². The van der Waals surface area contributed by atoms with Crippen LogP contribution >= 0.6 is 12.6 Å². The number of hydrogen-bond acceptors (Lipinski definition) is 2. The highest BCUT2D eigenvalue weighted by Crippen LogP contribution is 2.20. The lowest BCUT2D eigenvalue weighted by Gasteiger charge is -2.08. The van der Waals surface area contributed by atoms with Crippen molar-refractivity contribution in [2.75, 3.05) is 6.61 Å². The summed E-state index contributed by atoms with van der Waals surface area (Å²) in [5, 5.41) is -0.246. The Hall–Kier alpha value is -0.960. The van der Waals surface area contributed by atoms with Gasteiger partial charge in [-0.25, -0.2) is 0 Å². The summed E-state index contributed by atoms with van der Waals surface area (Å²) in [4.78, 5) is 11.2. The minimum Gasteiger partial charge on any atom is -0.493 e. The van der Waals surface area contributed by atoms with Crippen LogP contribution in [0.2, 0.25) is 0 Å². The van der Waals surface area contributed by atoms with Crippen molar-refractivity contribution >= 4 is 17.7 Å². The fourth-order valence-electron chi connectivity index (χ4n) is 1.48. The van der Waals surface area contributed by atoms with Crippen LogP contribution in [-0.4, -0.2) is 11.7 Å². The number of carbonyl (C=O) groups excluding carboxylic acids is 1. The molecular weight excluding hydrogens is 220 g/mol. The van der Waals surface area contributed by atoms with Crippen LogP contribution in [0.1, 0.15) is 43.0 Å². The molecule has 0 heterocycles. The summed E-state index contributed by atoms with van der Waals surface area (Å²) in [6, 6.07) is 7.22. The lowest BCUT2D eigenvalue weighted by atomic mass is 10.2. The normalized spacial score (nSPS) is 10.1. The van der Waals surface area contributed by atoms with E-state index in [9.17, 15) is 4.79 Å². The van der Waals surface area contributed by atoms with E-state index >= 15 is 0 Å². The van der Waals surface area contributed by atoms with Crippen molar-refractivity contribution < 1.29 is 9.53 Å². The van der Waals surface area contributed by atoms with Crippen LogP contribution in [0.3, 0.4) is 0 Å². The summed E-state index contributed by atoms with van der Waals surface area (Å²) in [5.41, 5.74) is 0.543. The van der Waals surface area contributed by atoms with Crippen LogP contribution in [0.5, 0.6) is 5.75 Å². The van der Waals surface area contributed by atoms with Crippen molar-refractivity contribution in [2.24, 2.45) is 0 Å². The molecule has 1 rings (SSSR count). The zero-order chi connectivity index (χ0) is 11.8. The van der Waals surface area contributed by atoms with Gasteiger partial charge >= 0.3 is 0 Å². The molecule has 0 saturated carbocycles. The quantitative estimate of drug-likeness (QED) is 0.579. The molecule has 1 aromatic rings. The van der Waals surface area contributed by atoms with Crippen molar-refractivity contribution in [3.63, 3.8) is 0 Å². The van der Waals surface area contributed by atoms with Crippen LogP contribution in [0.15, 0.2) is 24.3 Å². The van der Waals surface area contributed by atoms with Crippen molar-refractivity contribution in [3.05, 3.63) is 29.8 Å². The number of rotatable bonds is 7. The Balaban J connectivity index is 2.44. The molecular formula is C13H18O2S. The molecule has 3 heteroatoms. The fourth-order valence-corrected chi connectivity index (χ4v) is 1.66. The first-order valence-corrected chi connectivity index (χ1v) is 6.15. The average molecular weight is 238 g/mol. The van der Waals surface area contributed by atoms with E-state index in [2.05, 4.69) is 19.6 Å². The molecule has 0 bridgehead atoms. The van der Waals surface area contributed by atoms with Crippen LogP contribution in [0, 0.1) is 0 Å². The van der Waals surface area contributed by atoms with E-state index < -0.39 is 0 Å². The molecule has 0 aromatic heterocycles. The highest BCUT2D eigenvalue weighted by molar-refractivity contribution is 7.97. The van der Waals surface area contributed by atoms with E-state index in [4.69, 9.17) is 4.74 Å². The van der Waals surface area contributed by atoms with Gasteiger partial charge in [-0.15, -0.1) is 12.6 Å². The van der Waals surface area contributed by atoms with E-state index in [1.807, 2.05) is 18.2 Å². The molecule has 0 saturated heterocycles.